The molecule has 4 rings (SSSR count). The number of halogens is 1. The Morgan fingerprint density at radius 2 is 1.91 bits per heavy atom. The molecule has 0 radical (unpaired) electrons. The maximum Gasteiger partial charge on any atom is 0.130 e. The van der Waals surface area contributed by atoms with Crippen molar-refractivity contribution in [3.8, 4) is 0 Å². The van der Waals surface area contributed by atoms with Crippen LogP contribution in [0.25, 0.3) is 11.0 Å². The van der Waals surface area contributed by atoms with E-state index in [1.807, 2.05) is 36.7 Å². The summed E-state index contributed by atoms with van der Waals surface area (Å²) in [6.07, 6.45) is 7.77. The average molecular weight is 325 g/mol. The molecule has 3 aromatic rings. The lowest BCUT2D eigenvalue weighted by Gasteiger charge is -2.33. The minimum atomic E-state index is 0.581. The predicted molar refractivity (Wildman–Crippen MR) is 93.0 cm³/mol. The first-order valence-corrected chi connectivity index (χ1v) is 8.25. The van der Waals surface area contributed by atoms with Crippen molar-refractivity contribution in [2.45, 2.75) is 18.8 Å². The Labute approximate surface area is 140 Å². The van der Waals surface area contributed by atoms with E-state index in [0.717, 1.165) is 42.8 Å². The average Bonchev–Trinajstić information content (AvgIpc) is 2.63. The second kappa shape index (κ2) is 6.13. The van der Waals surface area contributed by atoms with E-state index in [2.05, 4.69) is 20.9 Å². The van der Waals surface area contributed by atoms with Gasteiger partial charge in [-0.2, -0.15) is 0 Å². The van der Waals surface area contributed by atoms with Gasteiger partial charge in [0.1, 0.15) is 11.3 Å². The SMILES string of the molecule is Clc1cc(N2CCC(c3cccnc3)CC2)nc2cccnc12. The van der Waals surface area contributed by atoms with E-state index < -0.39 is 0 Å². The zero-order chi connectivity index (χ0) is 15.6. The molecule has 1 aliphatic heterocycles. The molecule has 0 spiro atoms. The molecular formula is C18H17ClN4. The van der Waals surface area contributed by atoms with Gasteiger partial charge in [-0.3, -0.25) is 9.97 Å². The van der Waals surface area contributed by atoms with Gasteiger partial charge in [0.2, 0.25) is 0 Å². The van der Waals surface area contributed by atoms with Crippen molar-refractivity contribution in [3.63, 3.8) is 0 Å². The summed E-state index contributed by atoms with van der Waals surface area (Å²) in [4.78, 5) is 15.6. The Balaban J connectivity index is 1.54. The quantitative estimate of drug-likeness (QED) is 0.713. The fourth-order valence-electron chi connectivity index (χ4n) is 3.23. The predicted octanol–water partition coefficient (Wildman–Crippen LogP) is 4.06. The van der Waals surface area contributed by atoms with Crippen molar-refractivity contribution >= 4 is 28.5 Å². The zero-order valence-corrected chi connectivity index (χ0v) is 13.4. The van der Waals surface area contributed by atoms with E-state index in [9.17, 15) is 0 Å². The van der Waals surface area contributed by atoms with E-state index in [-0.39, 0.29) is 0 Å². The number of pyridine rings is 3. The molecule has 0 saturated carbocycles. The van der Waals surface area contributed by atoms with Gasteiger partial charge in [-0.25, -0.2) is 4.98 Å². The normalized spacial score (nSPS) is 16.0. The van der Waals surface area contributed by atoms with Gasteiger partial charge in [0.05, 0.1) is 10.5 Å². The van der Waals surface area contributed by atoms with Crippen LogP contribution in [-0.4, -0.2) is 28.0 Å². The monoisotopic (exact) mass is 324 g/mol. The highest BCUT2D eigenvalue weighted by molar-refractivity contribution is 6.35. The third kappa shape index (κ3) is 2.86. The summed E-state index contributed by atoms with van der Waals surface area (Å²) in [7, 11) is 0. The molecule has 5 heteroatoms. The van der Waals surface area contributed by atoms with E-state index >= 15 is 0 Å². The lowest BCUT2D eigenvalue weighted by atomic mass is 9.90. The number of fused-ring (bicyclic) bond motifs is 1. The topological polar surface area (TPSA) is 41.9 Å². The van der Waals surface area contributed by atoms with E-state index in [0.29, 0.717) is 10.9 Å². The molecule has 0 bridgehead atoms. The van der Waals surface area contributed by atoms with Gasteiger partial charge < -0.3 is 4.90 Å². The van der Waals surface area contributed by atoms with Gasteiger partial charge in [0.15, 0.2) is 0 Å². The fraction of sp³-hybridized carbons (Fsp3) is 0.278. The molecule has 0 aliphatic carbocycles. The van der Waals surface area contributed by atoms with Crippen LogP contribution in [0.15, 0.2) is 48.9 Å². The van der Waals surface area contributed by atoms with Gasteiger partial charge >= 0.3 is 0 Å². The molecule has 0 atom stereocenters. The number of piperidine rings is 1. The maximum atomic E-state index is 6.37. The Hall–Kier alpha value is -2.20. The van der Waals surface area contributed by atoms with Crippen molar-refractivity contribution in [2.24, 2.45) is 0 Å². The summed E-state index contributed by atoms with van der Waals surface area (Å²) >= 11 is 6.37. The smallest absolute Gasteiger partial charge is 0.130 e. The third-order valence-corrected chi connectivity index (χ3v) is 4.77. The highest BCUT2D eigenvalue weighted by atomic mass is 35.5. The number of anilines is 1. The van der Waals surface area contributed by atoms with Crippen LogP contribution in [-0.2, 0) is 0 Å². The highest BCUT2D eigenvalue weighted by Gasteiger charge is 2.22. The minimum Gasteiger partial charge on any atom is -0.357 e. The van der Waals surface area contributed by atoms with Crippen LogP contribution in [0.5, 0.6) is 0 Å². The van der Waals surface area contributed by atoms with Crippen LogP contribution in [0.3, 0.4) is 0 Å². The van der Waals surface area contributed by atoms with Crippen molar-refractivity contribution in [3.05, 3.63) is 59.5 Å². The Morgan fingerprint density at radius 3 is 2.70 bits per heavy atom. The van der Waals surface area contributed by atoms with Crippen LogP contribution in [0.2, 0.25) is 5.02 Å². The summed E-state index contributed by atoms with van der Waals surface area (Å²) in [5.74, 6) is 1.53. The minimum absolute atomic E-state index is 0.581. The second-order valence-electron chi connectivity index (χ2n) is 5.88. The van der Waals surface area contributed by atoms with Gasteiger partial charge in [0.25, 0.3) is 0 Å². The highest BCUT2D eigenvalue weighted by Crippen LogP contribution is 2.31. The molecule has 1 aliphatic rings. The first-order valence-electron chi connectivity index (χ1n) is 7.87. The summed E-state index contributed by atoms with van der Waals surface area (Å²) in [5, 5.41) is 0.667. The van der Waals surface area contributed by atoms with Crippen LogP contribution < -0.4 is 4.90 Å². The maximum absolute atomic E-state index is 6.37. The van der Waals surface area contributed by atoms with Gasteiger partial charge in [-0.15, -0.1) is 0 Å². The standard InChI is InChI=1S/C18H17ClN4/c19-15-11-17(22-16-4-2-8-21-18(15)16)23-9-5-13(6-10-23)14-3-1-7-20-12-14/h1-4,7-8,11-13H,5-6,9-10H2. The number of rotatable bonds is 2. The number of hydrogen-bond acceptors (Lipinski definition) is 4. The largest absolute Gasteiger partial charge is 0.357 e. The lowest BCUT2D eigenvalue weighted by Crippen LogP contribution is -2.33. The van der Waals surface area contributed by atoms with Crippen molar-refractivity contribution in [2.75, 3.05) is 18.0 Å². The summed E-state index contributed by atoms with van der Waals surface area (Å²) in [5.41, 5.74) is 2.95. The Kier molecular flexibility index (Phi) is 3.83. The van der Waals surface area contributed by atoms with Crippen LogP contribution in [0, 0.1) is 0 Å². The molecule has 0 aromatic carbocycles. The first kappa shape index (κ1) is 14.4. The molecule has 1 fully saturated rings. The Bertz CT molecular complexity index is 814. The fourth-order valence-corrected chi connectivity index (χ4v) is 3.47. The molecule has 23 heavy (non-hydrogen) atoms. The molecule has 0 amide bonds. The zero-order valence-electron chi connectivity index (χ0n) is 12.7. The van der Waals surface area contributed by atoms with Crippen molar-refractivity contribution in [1.29, 1.82) is 0 Å². The summed E-state index contributed by atoms with van der Waals surface area (Å²) in [6.45, 7) is 1.96. The van der Waals surface area contributed by atoms with Crippen molar-refractivity contribution < 1.29 is 0 Å². The van der Waals surface area contributed by atoms with Crippen LogP contribution >= 0.6 is 11.6 Å². The third-order valence-electron chi connectivity index (χ3n) is 4.48. The summed E-state index contributed by atoms with van der Waals surface area (Å²) in [6, 6.07) is 9.97. The van der Waals surface area contributed by atoms with E-state index in [4.69, 9.17) is 16.6 Å². The van der Waals surface area contributed by atoms with Gasteiger partial charge in [0, 0.05) is 37.7 Å². The van der Waals surface area contributed by atoms with Crippen LogP contribution in [0.4, 0.5) is 5.82 Å². The molecule has 4 nitrogen and oxygen atoms in total. The number of nitrogens with zero attached hydrogens (tertiary/aromatic N) is 4. The van der Waals surface area contributed by atoms with Crippen LogP contribution in [0.1, 0.15) is 24.3 Å². The van der Waals surface area contributed by atoms with Crippen molar-refractivity contribution in [1.82, 2.24) is 15.0 Å². The molecule has 4 heterocycles. The lowest BCUT2D eigenvalue weighted by molar-refractivity contribution is 0.502. The summed E-state index contributed by atoms with van der Waals surface area (Å²) < 4.78 is 0. The number of hydrogen-bond donors (Lipinski definition) is 0. The number of aromatic nitrogens is 3. The van der Waals surface area contributed by atoms with Gasteiger partial charge in [-0.1, -0.05) is 17.7 Å². The first-order chi connectivity index (χ1) is 11.3. The van der Waals surface area contributed by atoms with E-state index in [1.165, 1.54) is 5.56 Å². The molecule has 3 aromatic heterocycles. The van der Waals surface area contributed by atoms with E-state index in [1.54, 1.807) is 6.20 Å². The Morgan fingerprint density at radius 1 is 1.09 bits per heavy atom. The molecule has 116 valence electrons. The molecule has 0 N–H and O–H groups in total. The molecule has 0 unspecified atom stereocenters. The van der Waals surface area contributed by atoms with Gasteiger partial charge in [-0.05, 0) is 42.5 Å². The molecule has 1 saturated heterocycles. The second-order valence-corrected chi connectivity index (χ2v) is 6.29. The molecular weight excluding hydrogens is 308 g/mol.